The van der Waals surface area contributed by atoms with Gasteiger partial charge in [0, 0.05) is 32.2 Å². The number of aliphatic hydroxyl groups excluding tert-OH is 1. The Labute approximate surface area is 140 Å². The average molecular weight is 340 g/mol. The SMILES string of the molecule is CC(C)(C)OC(=O)N1CCN(Cc2oc(CO)cc(=O)c2O)CC1. The van der Waals surface area contributed by atoms with Crippen molar-refractivity contribution in [1.82, 2.24) is 9.80 Å². The fraction of sp³-hybridized carbons (Fsp3) is 0.625. The lowest BCUT2D eigenvalue weighted by Gasteiger charge is -2.35. The van der Waals surface area contributed by atoms with E-state index in [4.69, 9.17) is 14.3 Å². The number of carbonyl (C=O) groups is 1. The fourth-order valence-electron chi connectivity index (χ4n) is 2.39. The van der Waals surface area contributed by atoms with Crippen molar-refractivity contribution in [3.05, 3.63) is 27.8 Å². The predicted molar refractivity (Wildman–Crippen MR) is 85.6 cm³/mol. The first-order chi connectivity index (χ1) is 11.2. The highest BCUT2D eigenvalue weighted by molar-refractivity contribution is 5.68. The second-order valence-corrected chi connectivity index (χ2v) is 6.75. The molecule has 0 saturated carbocycles. The third kappa shape index (κ3) is 4.72. The van der Waals surface area contributed by atoms with Crippen molar-refractivity contribution in [3.8, 4) is 5.75 Å². The predicted octanol–water partition coefficient (Wildman–Crippen LogP) is 0.890. The second kappa shape index (κ2) is 7.23. The van der Waals surface area contributed by atoms with Gasteiger partial charge in [-0.2, -0.15) is 0 Å². The quantitative estimate of drug-likeness (QED) is 0.842. The Hall–Kier alpha value is -2.06. The highest BCUT2D eigenvalue weighted by atomic mass is 16.6. The Morgan fingerprint density at radius 1 is 1.29 bits per heavy atom. The van der Waals surface area contributed by atoms with Gasteiger partial charge in [-0.25, -0.2) is 4.79 Å². The number of amides is 1. The number of hydrogen-bond donors (Lipinski definition) is 2. The van der Waals surface area contributed by atoms with Crippen LogP contribution in [0.5, 0.6) is 5.75 Å². The fourth-order valence-corrected chi connectivity index (χ4v) is 2.39. The molecule has 0 spiro atoms. The van der Waals surface area contributed by atoms with Gasteiger partial charge in [0.25, 0.3) is 0 Å². The van der Waals surface area contributed by atoms with Crippen LogP contribution in [0.1, 0.15) is 32.3 Å². The smallest absolute Gasteiger partial charge is 0.410 e. The zero-order valence-corrected chi connectivity index (χ0v) is 14.2. The van der Waals surface area contributed by atoms with E-state index in [-0.39, 0.29) is 24.2 Å². The summed E-state index contributed by atoms with van der Waals surface area (Å²) in [5.41, 5.74) is -1.11. The van der Waals surface area contributed by atoms with Gasteiger partial charge in [-0.05, 0) is 20.8 Å². The molecular formula is C16H24N2O6. The third-order valence-electron chi connectivity index (χ3n) is 3.59. The molecule has 1 fully saturated rings. The first kappa shape index (κ1) is 18.3. The van der Waals surface area contributed by atoms with E-state index in [1.807, 2.05) is 25.7 Å². The zero-order chi connectivity index (χ0) is 17.9. The molecule has 2 rings (SSSR count). The molecule has 0 atom stereocenters. The van der Waals surface area contributed by atoms with Crippen molar-refractivity contribution in [2.45, 2.75) is 39.5 Å². The van der Waals surface area contributed by atoms with Gasteiger partial charge in [-0.3, -0.25) is 9.69 Å². The van der Waals surface area contributed by atoms with Crippen molar-refractivity contribution in [3.63, 3.8) is 0 Å². The molecule has 1 aromatic heterocycles. The summed E-state index contributed by atoms with van der Waals surface area (Å²) in [6.45, 7) is 7.38. The monoisotopic (exact) mass is 340 g/mol. The van der Waals surface area contributed by atoms with Gasteiger partial charge in [-0.1, -0.05) is 0 Å². The van der Waals surface area contributed by atoms with Gasteiger partial charge in [-0.15, -0.1) is 0 Å². The van der Waals surface area contributed by atoms with Crippen LogP contribution >= 0.6 is 0 Å². The standard InChI is InChI=1S/C16H24N2O6/c1-16(2,3)24-15(22)18-6-4-17(5-7-18)9-13-14(21)12(20)8-11(10-19)23-13/h8,19,21H,4-7,9-10H2,1-3H3. The Balaban J connectivity index is 1.95. The van der Waals surface area contributed by atoms with E-state index in [9.17, 15) is 14.7 Å². The molecule has 134 valence electrons. The van der Waals surface area contributed by atoms with Crippen LogP contribution < -0.4 is 5.43 Å². The highest BCUT2D eigenvalue weighted by Crippen LogP contribution is 2.18. The minimum absolute atomic E-state index is 0.111. The van der Waals surface area contributed by atoms with Crippen LogP contribution in [-0.4, -0.2) is 57.9 Å². The largest absolute Gasteiger partial charge is 0.502 e. The molecule has 1 saturated heterocycles. The van der Waals surface area contributed by atoms with E-state index in [0.717, 1.165) is 6.07 Å². The van der Waals surface area contributed by atoms with Crippen molar-refractivity contribution in [2.75, 3.05) is 26.2 Å². The first-order valence-electron chi connectivity index (χ1n) is 7.85. The van der Waals surface area contributed by atoms with E-state index >= 15 is 0 Å². The van der Waals surface area contributed by atoms with Crippen LogP contribution in [0.2, 0.25) is 0 Å². The number of nitrogens with zero attached hydrogens (tertiary/aromatic N) is 2. The second-order valence-electron chi connectivity index (χ2n) is 6.75. The van der Waals surface area contributed by atoms with Crippen molar-refractivity contribution in [2.24, 2.45) is 0 Å². The summed E-state index contributed by atoms with van der Waals surface area (Å²) in [6, 6.07) is 1.07. The number of rotatable bonds is 3. The maximum Gasteiger partial charge on any atom is 0.410 e. The molecule has 1 aliphatic heterocycles. The molecule has 2 heterocycles. The number of aromatic hydroxyl groups is 1. The summed E-state index contributed by atoms with van der Waals surface area (Å²) < 4.78 is 10.7. The molecule has 0 aromatic carbocycles. The molecule has 1 aromatic rings. The lowest BCUT2D eigenvalue weighted by molar-refractivity contribution is 0.0132. The van der Waals surface area contributed by atoms with Gasteiger partial charge >= 0.3 is 6.09 Å². The minimum Gasteiger partial charge on any atom is -0.502 e. The van der Waals surface area contributed by atoms with Crippen molar-refractivity contribution >= 4 is 6.09 Å². The maximum atomic E-state index is 12.0. The Morgan fingerprint density at radius 2 is 1.92 bits per heavy atom. The molecule has 0 aliphatic carbocycles. The lowest BCUT2D eigenvalue weighted by Crippen LogP contribution is -2.49. The summed E-state index contributed by atoms with van der Waals surface area (Å²) >= 11 is 0. The third-order valence-corrected chi connectivity index (χ3v) is 3.59. The summed E-state index contributed by atoms with van der Waals surface area (Å²) in [7, 11) is 0. The number of piperazine rings is 1. The molecule has 2 N–H and O–H groups in total. The lowest BCUT2D eigenvalue weighted by atomic mass is 10.2. The summed E-state index contributed by atoms with van der Waals surface area (Å²) in [4.78, 5) is 27.2. The molecule has 0 radical (unpaired) electrons. The van der Waals surface area contributed by atoms with Crippen molar-refractivity contribution < 1.29 is 24.2 Å². The normalized spacial score (nSPS) is 16.2. The first-order valence-corrected chi connectivity index (χ1v) is 7.85. The number of ether oxygens (including phenoxy) is 1. The minimum atomic E-state index is -0.576. The molecule has 24 heavy (non-hydrogen) atoms. The molecule has 0 unspecified atom stereocenters. The number of hydrogen-bond acceptors (Lipinski definition) is 7. The van der Waals surface area contributed by atoms with E-state index in [2.05, 4.69) is 0 Å². The van der Waals surface area contributed by atoms with E-state index < -0.39 is 23.4 Å². The molecule has 1 amide bonds. The van der Waals surface area contributed by atoms with E-state index in [1.54, 1.807) is 4.90 Å². The highest BCUT2D eigenvalue weighted by Gasteiger charge is 2.26. The topological polar surface area (TPSA) is 103 Å². The van der Waals surface area contributed by atoms with Crippen LogP contribution in [0.25, 0.3) is 0 Å². The summed E-state index contributed by atoms with van der Waals surface area (Å²) in [5, 5.41) is 18.9. The Kier molecular flexibility index (Phi) is 5.51. The van der Waals surface area contributed by atoms with Gasteiger partial charge in [0.2, 0.25) is 11.2 Å². The summed E-state index contributed by atoms with van der Waals surface area (Å²) in [5.74, 6) is -0.209. The van der Waals surface area contributed by atoms with Crippen LogP contribution in [0.3, 0.4) is 0 Å². The molecule has 8 nitrogen and oxygen atoms in total. The van der Waals surface area contributed by atoms with Gasteiger partial charge in [0.15, 0.2) is 5.76 Å². The number of aliphatic hydroxyl groups is 1. The summed E-state index contributed by atoms with van der Waals surface area (Å²) in [6.07, 6.45) is -0.348. The van der Waals surface area contributed by atoms with Gasteiger partial charge in [0.1, 0.15) is 18.0 Å². The van der Waals surface area contributed by atoms with Crippen LogP contribution in [-0.2, 0) is 17.9 Å². The van der Waals surface area contributed by atoms with Crippen LogP contribution in [0.15, 0.2) is 15.3 Å². The maximum absolute atomic E-state index is 12.0. The van der Waals surface area contributed by atoms with E-state index in [0.29, 0.717) is 26.2 Å². The zero-order valence-electron chi connectivity index (χ0n) is 14.2. The molecular weight excluding hydrogens is 316 g/mol. The number of carbonyl (C=O) groups excluding carboxylic acids is 1. The average Bonchev–Trinajstić information content (AvgIpc) is 2.50. The van der Waals surface area contributed by atoms with E-state index in [1.165, 1.54) is 0 Å². The van der Waals surface area contributed by atoms with Gasteiger partial charge in [0.05, 0.1) is 6.54 Å². The van der Waals surface area contributed by atoms with Crippen LogP contribution in [0, 0.1) is 0 Å². The van der Waals surface area contributed by atoms with Crippen molar-refractivity contribution in [1.29, 1.82) is 0 Å². The molecule has 8 heteroatoms. The molecule has 1 aliphatic rings. The Bertz CT molecular complexity index is 641. The van der Waals surface area contributed by atoms with Gasteiger partial charge < -0.3 is 24.3 Å². The molecule has 0 bridgehead atoms. The van der Waals surface area contributed by atoms with Crippen LogP contribution in [0.4, 0.5) is 4.79 Å². The Morgan fingerprint density at radius 3 is 2.46 bits per heavy atom.